The van der Waals surface area contributed by atoms with Crippen molar-refractivity contribution in [1.29, 1.82) is 0 Å². The molecule has 0 N–H and O–H groups in total. The molecule has 0 aliphatic rings. The van der Waals surface area contributed by atoms with Crippen LogP contribution in [0.1, 0.15) is 21.5 Å². The van der Waals surface area contributed by atoms with E-state index in [0.717, 1.165) is 25.8 Å². The first-order chi connectivity index (χ1) is 9.43. The average molecular weight is 483 g/mol. The topological polar surface area (TPSA) is 9.23 Å². The molecule has 0 spiro atoms. The van der Waals surface area contributed by atoms with Crippen LogP contribution in [0.5, 0.6) is 5.75 Å². The van der Waals surface area contributed by atoms with Crippen LogP contribution in [0.15, 0.2) is 39.3 Å². The Labute approximate surface area is 149 Å². The Bertz CT molecular complexity index is 643. The zero-order valence-electron chi connectivity index (χ0n) is 10.9. The molecule has 0 aliphatic carbocycles. The lowest BCUT2D eigenvalue weighted by Crippen LogP contribution is -1.99. The van der Waals surface area contributed by atoms with Crippen molar-refractivity contribution in [2.24, 2.45) is 0 Å². The highest BCUT2D eigenvalue weighted by molar-refractivity contribution is 9.11. The van der Waals surface area contributed by atoms with Crippen LogP contribution in [-0.2, 0) is 0 Å². The SMILES string of the molecule is COc1c(Br)cc(Cl)cc1C(Br)c1ccc(Br)c(C)c1. The zero-order chi connectivity index (χ0) is 14.9. The van der Waals surface area contributed by atoms with Gasteiger partial charge in [0.1, 0.15) is 5.75 Å². The van der Waals surface area contributed by atoms with E-state index in [-0.39, 0.29) is 4.83 Å². The predicted molar refractivity (Wildman–Crippen MR) is 95.4 cm³/mol. The summed E-state index contributed by atoms with van der Waals surface area (Å²) >= 11 is 16.9. The first-order valence-electron chi connectivity index (χ1n) is 5.87. The molecule has 1 unspecified atom stereocenters. The molecule has 0 bridgehead atoms. The van der Waals surface area contributed by atoms with Gasteiger partial charge in [0.2, 0.25) is 0 Å². The number of methoxy groups -OCH3 is 1. The Hall–Kier alpha value is -0.0300. The van der Waals surface area contributed by atoms with Gasteiger partial charge in [0, 0.05) is 15.1 Å². The lowest BCUT2D eigenvalue weighted by molar-refractivity contribution is 0.408. The van der Waals surface area contributed by atoms with E-state index < -0.39 is 0 Å². The van der Waals surface area contributed by atoms with E-state index in [1.54, 1.807) is 7.11 Å². The van der Waals surface area contributed by atoms with Crippen LogP contribution in [0.3, 0.4) is 0 Å². The second-order valence-electron chi connectivity index (χ2n) is 4.38. The standard InChI is InChI=1S/C15H12Br3ClO/c1-8-5-9(3-4-12(8)16)14(18)11-6-10(19)7-13(17)15(11)20-2/h3-7,14H,1-2H3. The molecule has 0 saturated carbocycles. The molecule has 0 aliphatic heterocycles. The Balaban J connectivity index is 2.52. The number of hydrogen-bond donors (Lipinski definition) is 0. The molecule has 20 heavy (non-hydrogen) atoms. The third-order valence-corrected chi connectivity index (χ3v) is 5.71. The molecule has 0 fully saturated rings. The summed E-state index contributed by atoms with van der Waals surface area (Å²) in [7, 11) is 1.66. The number of hydrogen-bond acceptors (Lipinski definition) is 1. The Kier molecular flexibility index (Phi) is 5.57. The van der Waals surface area contributed by atoms with E-state index in [9.17, 15) is 0 Å². The van der Waals surface area contributed by atoms with Gasteiger partial charge in [-0.2, -0.15) is 0 Å². The Morgan fingerprint density at radius 1 is 1.10 bits per heavy atom. The first-order valence-corrected chi connectivity index (χ1v) is 8.75. The zero-order valence-corrected chi connectivity index (χ0v) is 16.4. The highest BCUT2D eigenvalue weighted by Crippen LogP contribution is 2.42. The van der Waals surface area contributed by atoms with E-state index >= 15 is 0 Å². The predicted octanol–water partition coefficient (Wildman–Crippen LogP) is 6.67. The smallest absolute Gasteiger partial charge is 0.137 e. The third kappa shape index (κ3) is 3.41. The normalized spacial score (nSPS) is 12.3. The van der Waals surface area contributed by atoms with E-state index in [1.165, 1.54) is 5.56 Å². The van der Waals surface area contributed by atoms with Gasteiger partial charge in [0.05, 0.1) is 16.4 Å². The summed E-state index contributed by atoms with van der Waals surface area (Å²) < 4.78 is 7.43. The fraction of sp³-hybridized carbons (Fsp3) is 0.200. The van der Waals surface area contributed by atoms with Crippen LogP contribution < -0.4 is 4.74 Å². The van der Waals surface area contributed by atoms with Crippen molar-refractivity contribution in [2.75, 3.05) is 7.11 Å². The molecule has 0 amide bonds. The maximum Gasteiger partial charge on any atom is 0.137 e. The van der Waals surface area contributed by atoms with Crippen LogP contribution in [0.4, 0.5) is 0 Å². The summed E-state index contributed by atoms with van der Waals surface area (Å²) in [6.07, 6.45) is 0. The maximum atomic E-state index is 6.15. The van der Waals surface area contributed by atoms with Crippen LogP contribution in [0, 0.1) is 6.92 Å². The van der Waals surface area contributed by atoms with Gasteiger partial charge < -0.3 is 4.74 Å². The molecule has 2 aromatic rings. The van der Waals surface area contributed by atoms with Crippen molar-refractivity contribution in [3.63, 3.8) is 0 Å². The minimum atomic E-state index is 0.0132. The number of aryl methyl sites for hydroxylation is 1. The molecule has 0 saturated heterocycles. The molecule has 106 valence electrons. The van der Waals surface area contributed by atoms with Gasteiger partial charge in [-0.25, -0.2) is 0 Å². The second kappa shape index (κ2) is 6.82. The summed E-state index contributed by atoms with van der Waals surface area (Å²) in [6.45, 7) is 2.07. The van der Waals surface area contributed by atoms with Crippen molar-refractivity contribution in [3.05, 3.63) is 61.0 Å². The monoisotopic (exact) mass is 480 g/mol. The molecule has 0 heterocycles. The van der Waals surface area contributed by atoms with Crippen molar-refractivity contribution in [1.82, 2.24) is 0 Å². The third-order valence-electron chi connectivity index (χ3n) is 2.99. The minimum absolute atomic E-state index is 0.0132. The van der Waals surface area contributed by atoms with Crippen molar-refractivity contribution >= 4 is 59.4 Å². The van der Waals surface area contributed by atoms with E-state index in [1.807, 2.05) is 18.2 Å². The number of halogens is 4. The van der Waals surface area contributed by atoms with E-state index in [4.69, 9.17) is 16.3 Å². The van der Waals surface area contributed by atoms with E-state index in [0.29, 0.717) is 5.02 Å². The minimum Gasteiger partial charge on any atom is -0.495 e. The molecule has 5 heteroatoms. The van der Waals surface area contributed by atoms with Gasteiger partial charge in [-0.1, -0.05) is 55.6 Å². The fourth-order valence-electron chi connectivity index (χ4n) is 1.99. The van der Waals surface area contributed by atoms with Crippen LogP contribution in [-0.4, -0.2) is 7.11 Å². The maximum absolute atomic E-state index is 6.15. The summed E-state index contributed by atoms with van der Waals surface area (Å²) in [5.74, 6) is 0.789. The Morgan fingerprint density at radius 3 is 2.40 bits per heavy atom. The number of alkyl halides is 1. The van der Waals surface area contributed by atoms with Gasteiger partial charge in [-0.05, 0) is 52.2 Å². The van der Waals surface area contributed by atoms with Gasteiger partial charge in [-0.3, -0.25) is 0 Å². The summed E-state index contributed by atoms with van der Waals surface area (Å²) in [4.78, 5) is 0.0132. The summed E-state index contributed by atoms with van der Waals surface area (Å²) in [6, 6.07) is 10.0. The lowest BCUT2D eigenvalue weighted by Gasteiger charge is -2.17. The highest BCUT2D eigenvalue weighted by Gasteiger charge is 2.19. The largest absolute Gasteiger partial charge is 0.495 e. The molecular weight excluding hydrogens is 471 g/mol. The molecule has 1 nitrogen and oxygen atoms in total. The van der Waals surface area contributed by atoms with Gasteiger partial charge >= 0.3 is 0 Å². The molecule has 1 atom stereocenters. The average Bonchev–Trinajstić information content (AvgIpc) is 2.40. The van der Waals surface area contributed by atoms with Crippen LogP contribution >= 0.6 is 59.4 Å². The molecular formula is C15H12Br3ClO. The van der Waals surface area contributed by atoms with E-state index in [2.05, 4.69) is 66.8 Å². The lowest BCUT2D eigenvalue weighted by atomic mass is 10.0. The van der Waals surface area contributed by atoms with Gasteiger partial charge in [0.15, 0.2) is 0 Å². The van der Waals surface area contributed by atoms with Crippen molar-refractivity contribution in [2.45, 2.75) is 11.8 Å². The number of ether oxygens (including phenoxy) is 1. The summed E-state index contributed by atoms with van der Waals surface area (Å²) in [5, 5.41) is 0.672. The highest BCUT2D eigenvalue weighted by atomic mass is 79.9. The number of benzene rings is 2. The van der Waals surface area contributed by atoms with Gasteiger partial charge in [-0.15, -0.1) is 0 Å². The van der Waals surface area contributed by atoms with Crippen LogP contribution in [0.2, 0.25) is 5.02 Å². The second-order valence-corrected chi connectivity index (χ2v) is 7.44. The number of rotatable bonds is 3. The summed E-state index contributed by atoms with van der Waals surface area (Å²) in [5.41, 5.74) is 3.33. The van der Waals surface area contributed by atoms with Gasteiger partial charge in [0.25, 0.3) is 0 Å². The first kappa shape index (κ1) is 16.3. The Morgan fingerprint density at radius 2 is 1.80 bits per heavy atom. The molecule has 0 aromatic heterocycles. The quantitative estimate of drug-likeness (QED) is 0.444. The van der Waals surface area contributed by atoms with Crippen molar-refractivity contribution < 1.29 is 4.74 Å². The molecule has 0 radical (unpaired) electrons. The van der Waals surface area contributed by atoms with Crippen molar-refractivity contribution in [3.8, 4) is 5.75 Å². The fourth-order valence-corrected chi connectivity index (χ4v) is 3.86. The van der Waals surface area contributed by atoms with Crippen LogP contribution in [0.25, 0.3) is 0 Å². The molecule has 2 rings (SSSR count). The molecule has 2 aromatic carbocycles.